The van der Waals surface area contributed by atoms with Crippen molar-refractivity contribution in [1.82, 2.24) is 14.9 Å². The van der Waals surface area contributed by atoms with Crippen LogP contribution in [0.2, 0.25) is 0 Å². The molecule has 0 bridgehead atoms. The second-order valence-corrected chi connectivity index (χ2v) is 7.24. The second-order valence-electron chi connectivity index (χ2n) is 7.24. The fraction of sp³-hybridized carbons (Fsp3) is 0.364. The first kappa shape index (κ1) is 20.2. The van der Waals surface area contributed by atoms with Gasteiger partial charge in [-0.3, -0.25) is 0 Å². The monoisotopic (exact) mass is 412 g/mol. The molecule has 158 valence electrons. The van der Waals surface area contributed by atoms with E-state index in [0.29, 0.717) is 34.7 Å². The summed E-state index contributed by atoms with van der Waals surface area (Å²) in [5.41, 5.74) is 6.54. The van der Waals surface area contributed by atoms with Crippen molar-refractivity contribution in [2.45, 2.75) is 19.3 Å². The van der Waals surface area contributed by atoms with Crippen molar-refractivity contribution in [1.29, 1.82) is 0 Å². The number of benzene rings is 2. The molecule has 7 nitrogen and oxygen atoms in total. The number of ether oxygens (including phenoxy) is 3. The van der Waals surface area contributed by atoms with Gasteiger partial charge in [-0.25, -0.2) is 14.4 Å². The molecule has 0 radical (unpaired) electrons. The summed E-state index contributed by atoms with van der Waals surface area (Å²) in [6.45, 7) is 3.91. The summed E-state index contributed by atoms with van der Waals surface area (Å²) in [6.07, 6.45) is 4.84. The minimum absolute atomic E-state index is 0.0353. The van der Waals surface area contributed by atoms with Gasteiger partial charge >= 0.3 is 0 Å². The van der Waals surface area contributed by atoms with E-state index < -0.39 is 5.82 Å². The Hall–Kier alpha value is -3.13. The van der Waals surface area contributed by atoms with E-state index in [4.69, 9.17) is 19.9 Å². The number of nitrogen functional groups attached to an aromatic ring is 1. The van der Waals surface area contributed by atoms with Gasteiger partial charge in [0.2, 0.25) is 5.88 Å². The van der Waals surface area contributed by atoms with Crippen LogP contribution in [0.25, 0.3) is 10.9 Å². The lowest BCUT2D eigenvalue weighted by Gasteiger charge is -2.16. The topological polar surface area (TPSA) is 82.7 Å². The average molecular weight is 412 g/mol. The van der Waals surface area contributed by atoms with Gasteiger partial charge in [0.05, 0.1) is 24.6 Å². The van der Waals surface area contributed by atoms with Gasteiger partial charge in [0, 0.05) is 24.4 Å². The largest absolute Gasteiger partial charge is 0.493 e. The van der Waals surface area contributed by atoms with Gasteiger partial charge in [0.1, 0.15) is 6.33 Å². The number of methoxy groups -OCH3 is 1. The van der Waals surface area contributed by atoms with Gasteiger partial charge in [-0.1, -0.05) is 0 Å². The number of hydrogen-bond donors (Lipinski definition) is 1. The van der Waals surface area contributed by atoms with E-state index in [-0.39, 0.29) is 11.6 Å². The zero-order chi connectivity index (χ0) is 20.9. The Bertz CT molecular complexity index is 1020. The molecule has 1 saturated heterocycles. The van der Waals surface area contributed by atoms with Crippen LogP contribution >= 0.6 is 0 Å². The predicted molar refractivity (Wildman–Crippen MR) is 113 cm³/mol. The number of rotatable bonds is 8. The van der Waals surface area contributed by atoms with Crippen LogP contribution in [0.4, 0.5) is 10.1 Å². The maximum atomic E-state index is 14.2. The molecule has 0 unspecified atom stereocenters. The van der Waals surface area contributed by atoms with Gasteiger partial charge in [-0.15, -0.1) is 0 Å². The highest BCUT2D eigenvalue weighted by Crippen LogP contribution is 2.36. The lowest BCUT2D eigenvalue weighted by atomic mass is 10.2. The number of likely N-dealkylation sites (tertiary alicyclic amines) is 1. The van der Waals surface area contributed by atoms with Crippen molar-refractivity contribution >= 4 is 16.6 Å². The van der Waals surface area contributed by atoms with Crippen LogP contribution in [-0.4, -0.2) is 48.2 Å². The molecular formula is C22H25FN4O3. The van der Waals surface area contributed by atoms with E-state index in [9.17, 15) is 4.39 Å². The molecule has 0 saturated carbocycles. The number of nitrogens with two attached hydrogens (primary N) is 1. The number of aromatic nitrogens is 2. The third-order valence-electron chi connectivity index (χ3n) is 5.12. The van der Waals surface area contributed by atoms with E-state index in [1.54, 1.807) is 25.3 Å². The molecule has 8 heteroatoms. The molecule has 30 heavy (non-hydrogen) atoms. The Labute approximate surface area is 174 Å². The summed E-state index contributed by atoms with van der Waals surface area (Å²) in [7, 11) is 1.58. The molecule has 1 fully saturated rings. The molecule has 2 heterocycles. The van der Waals surface area contributed by atoms with Gasteiger partial charge in [-0.2, -0.15) is 0 Å². The number of nitrogens with zero attached hydrogens (tertiary/aromatic N) is 3. The van der Waals surface area contributed by atoms with Crippen molar-refractivity contribution in [3.05, 3.63) is 42.5 Å². The van der Waals surface area contributed by atoms with Crippen LogP contribution in [-0.2, 0) is 0 Å². The molecule has 0 spiro atoms. The Balaban J connectivity index is 1.55. The number of hydrogen-bond acceptors (Lipinski definition) is 7. The molecule has 4 rings (SSSR count). The van der Waals surface area contributed by atoms with Crippen LogP contribution in [0.5, 0.6) is 23.1 Å². The van der Waals surface area contributed by atoms with Gasteiger partial charge in [0.15, 0.2) is 23.1 Å². The third-order valence-corrected chi connectivity index (χ3v) is 5.12. The van der Waals surface area contributed by atoms with Gasteiger partial charge < -0.3 is 24.8 Å². The summed E-state index contributed by atoms with van der Waals surface area (Å²) < 4.78 is 31.3. The Morgan fingerprint density at radius 2 is 1.90 bits per heavy atom. The van der Waals surface area contributed by atoms with E-state index >= 15 is 0 Å². The summed E-state index contributed by atoms with van der Waals surface area (Å²) >= 11 is 0. The third kappa shape index (κ3) is 4.54. The zero-order valence-corrected chi connectivity index (χ0v) is 16.9. The molecule has 2 aromatic carbocycles. The maximum absolute atomic E-state index is 14.2. The maximum Gasteiger partial charge on any atom is 0.230 e. The van der Waals surface area contributed by atoms with Crippen molar-refractivity contribution in [2.24, 2.45) is 0 Å². The molecule has 0 amide bonds. The highest BCUT2D eigenvalue weighted by atomic mass is 19.1. The summed E-state index contributed by atoms with van der Waals surface area (Å²) in [6, 6.07) is 7.78. The first-order valence-corrected chi connectivity index (χ1v) is 10.0. The van der Waals surface area contributed by atoms with Crippen molar-refractivity contribution < 1.29 is 18.6 Å². The number of halogens is 1. The second kappa shape index (κ2) is 9.13. The highest BCUT2D eigenvalue weighted by Gasteiger charge is 2.15. The van der Waals surface area contributed by atoms with Crippen LogP contribution in [0.3, 0.4) is 0 Å². The van der Waals surface area contributed by atoms with Crippen LogP contribution in [0.15, 0.2) is 36.7 Å². The van der Waals surface area contributed by atoms with Crippen molar-refractivity contribution in [3.8, 4) is 23.1 Å². The SMILES string of the molecule is COc1cc2ncnc(Oc3ccc(N)cc3F)c2cc1OCCCN1CCCC1. The zero-order valence-electron chi connectivity index (χ0n) is 16.9. The molecule has 0 aliphatic carbocycles. The van der Waals surface area contributed by atoms with E-state index in [0.717, 1.165) is 13.0 Å². The summed E-state index contributed by atoms with van der Waals surface area (Å²) in [5.74, 6) is 0.853. The van der Waals surface area contributed by atoms with Crippen molar-refractivity contribution in [3.63, 3.8) is 0 Å². The molecule has 3 aromatic rings. The Morgan fingerprint density at radius 1 is 1.07 bits per heavy atom. The van der Waals surface area contributed by atoms with Crippen molar-refractivity contribution in [2.75, 3.05) is 39.1 Å². The van der Waals surface area contributed by atoms with Gasteiger partial charge in [0.25, 0.3) is 0 Å². The van der Waals surface area contributed by atoms with E-state index in [1.807, 2.05) is 0 Å². The smallest absolute Gasteiger partial charge is 0.230 e. The van der Waals surface area contributed by atoms with Crippen LogP contribution in [0.1, 0.15) is 19.3 Å². The lowest BCUT2D eigenvalue weighted by molar-refractivity contribution is 0.254. The fourth-order valence-electron chi connectivity index (χ4n) is 3.57. The molecule has 1 aliphatic rings. The average Bonchev–Trinajstić information content (AvgIpc) is 3.26. The Kier molecular flexibility index (Phi) is 6.13. The molecule has 2 N–H and O–H groups in total. The predicted octanol–water partition coefficient (Wildman–Crippen LogP) is 4.02. The summed E-state index contributed by atoms with van der Waals surface area (Å²) in [4.78, 5) is 10.9. The quantitative estimate of drug-likeness (QED) is 0.442. The molecule has 1 aliphatic heterocycles. The van der Waals surface area contributed by atoms with E-state index in [1.165, 1.54) is 44.4 Å². The standard InChI is InChI=1S/C22H25FN4O3/c1-28-20-13-18-16(12-21(20)29-10-4-9-27-7-2-3-8-27)22(26-14-25-18)30-19-6-5-15(24)11-17(19)23/h5-6,11-14H,2-4,7-10,24H2,1H3. The number of fused-ring (bicyclic) bond motifs is 1. The lowest BCUT2D eigenvalue weighted by Crippen LogP contribution is -2.21. The highest BCUT2D eigenvalue weighted by molar-refractivity contribution is 5.87. The summed E-state index contributed by atoms with van der Waals surface area (Å²) in [5, 5.41) is 0.601. The number of anilines is 1. The molecule has 1 aromatic heterocycles. The molecule has 0 atom stereocenters. The minimum atomic E-state index is -0.561. The van der Waals surface area contributed by atoms with Gasteiger partial charge in [-0.05, 0) is 50.6 Å². The molecular weight excluding hydrogens is 387 g/mol. The van der Waals surface area contributed by atoms with E-state index in [2.05, 4.69) is 14.9 Å². The fourth-order valence-corrected chi connectivity index (χ4v) is 3.57. The Morgan fingerprint density at radius 3 is 2.67 bits per heavy atom. The van der Waals surface area contributed by atoms with Crippen LogP contribution in [0, 0.1) is 5.82 Å². The van der Waals surface area contributed by atoms with Crippen LogP contribution < -0.4 is 19.9 Å². The minimum Gasteiger partial charge on any atom is -0.493 e. The normalized spacial score (nSPS) is 14.2. The first-order valence-electron chi connectivity index (χ1n) is 10.0. The first-order chi connectivity index (χ1) is 14.6.